The maximum Gasteiger partial charge on any atom is 0.490 e. The van der Waals surface area contributed by atoms with Crippen molar-refractivity contribution in [2.75, 3.05) is 0 Å². The minimum Gasteiger partial charge on any atom is -0.475 e. The molecule has 0 fully saturated rings. The van der Waals surface area contributed by atoms with E-state index >= 15 is 0 Å². The number of hydrogen-bond donors (Lipinski definition) is 4. The number of carbonyl (C=O) groups excluding carboxylic acids is 1. The minimum absolute atomic E-state index is 0.358. The van der Waals surface area contributed by atoms with Crippen LogP contribution in [0.4, 0.5) is 13.2 Å². The summed E-state index contributed by atoms with van der Waals surface area (Å²) in [6.45, 7) is 4.42. The Morgan fingerprint density at radius 3 is 2.08 bits per heavy atom. The fraction of sp³-hybridized carbons (Fsp3) is 0.500. The number of aliphatic carboxylic acids is 1. The Bertz CT molecular complexity index is 536. The number of carboxylic acids is 1. The Kier molecular flexibility index (Phi) is 9.77. The van der Waals surface area contributed by atoms with E-state index in [9.17, 15) is 23.1 Å². The minimum atomic E-state index is -5.08. The molecule has 9 heteroatoms. The second-order valence-corrected chi connectivity index (χ2v) is 5.74. The molecule has 0 aliphatic rings. The predicted molar refractivity (Wildman–Crippen MR) is 85.4 cm³/mol. The number of halogens is 3. The van der Waals surface area contributed by atoms with Gasteiger partial charge in [0.2, 0.25) is 0 Å². The third-order valence-electron chi connectivity index (χ3n) is 2.97. The van der Waals surface area contributed by atoms with Crippen LogP contribution >= 0.6 is 0 Å². The number of amides is 1. The van der Waals surface area contributed by atoms with Crippen molar-refractivity contribution < 1.29 is 33.0 Å². The van der Waals surface area contributed by atoms with Crippen LogP contribution in [0.2, 0.25) is 0 Å². The highest BCUT2D eigenvalue weighted by Gasteiger charge is 2.38. The van der Waals surface area contributed by atoms with E-state index in [1.807, 2.05) is 44.2 Å². The molecule has 0 heterocycles. The van der Waals surface area contributed by atoms with E-state index in [2.05, 4.69) is 5.32 Å². The zero-order chi connectivity index (χ0) is 19.6. The van der Waals surface area contributed by atoms with Gasteiger partial charge in [-0.05, 0) is 17.9 Å². The average molecular weight is 364 g/mol. The van der Waals surface area contributed by atoms with Crippen LogP contribution in [0.5, 0.6) is 0 Å². The van der Waals surface area contributed by atoms with Crippen molar-refractivity contribution >= 4 is 11.9 Å². The molecule has 1 unspecified atom stereocenters. The molecule has 0 spiro atoms. The summed E-state index contributed by atoms with van der Waals surface area (Å²) in [5.74, 6) is -2.81. The lowest BCUT2D eigenvalue weighted by Crippen LogP contribution is -2.46. The van der Waals surface area contributed by atoms with Crippen LogP contribution in [0.25, 0.3) is 0 Å². The summed E-state index contributed by atoms with van der Waals surface area (Å²) in [7, 11) is 0. The Morgan fingerprint density at radius 2 is 1.68 bits per heavy atom. The van der Waals surface area contributed by atoms with Gasteiger partial charge in [-0.25, -0.2) is 4.79 Å². The summed E-state index contributed by atoms with van der Waals surface area (Å²) < 4.78 is 31.7. The van der Waals surface area contributed by atoms with E-state index < -0.39 is 30.2 Å². The first kappa shape index (κ1) is 22.9. The number of alkyl halides is 3. The molecule has 1 aromatic rings. The van der Waals surface area contributed by atoms with Gasteiger partial charge >= 0.3 is 12.1 Å². The van der Waals surface area contributed by atoms with Gasteiger partial charge in [-0.15, -0.1) is 0 Å². The summed E-state index contributed by atoms with van der Waals surface area (Å²) in [6.07, 6.45) is -5.60. The van der Waals surface area contributed by atoms with Crippen LogP contribution in [-0.4, -0.2) is 40.4 Å². The predicted octanol–water partition coefficient (Wildman–Crippen LogP) is 1.67. The lowest BCUT2D eigenvalue weighted by molar-refractivity contribution is -0.192. The summed E-state index contributed by atoms with van der Waals surface area (Å²) in [5, 5.41) is 19.6. The SMILES string of the molecule is CC(C)C[C@H](N)C(O)C(=O)NCc1ccccc1.O=C(O)C(F)(F)F. The second-order valence-electron chi connectivity index (χ2n) is 5.74. The van der Waals surface area contributed by atoms with Gasteiger partial charge < -0.3 is 21.3 Å². The molecule has 0 aliphatic carbocycles. The molecule has 2 atom stereocenters. The number of benzene rings is 1. The van der Waals surface area contributed by atoms with Crippen LogP contribution < -0.4 is 11.1 Å². The van der Waals surface area contributed by atoms with Crippen LogP contribution in [0.1, 0.15) is 25.8 Å². The lowest BCUT2D eigenvalue weighted by atomic mass is 9.99. The number of rotatable bonds is 6. The van der Waals surface area contributed by atoms with Crippen molar-refractivity contribution in [2.45, 2.75) is 45.1 Å². The van der Waals surface area contributed by atoms with Gasteiger partial charge in [-0.1, -0.05) is 44.2 Å². The van der Waals surface area contributed by atoms with Crippen molar-refractivity contribution in [2.24, 2.45) is 11.7 Å². The molecular weight excluding hydrogens is 341 g/mol. The maximum absolute atomic E-state index is 11.7. The first-order chi connectivity index (χ1) is 11.4. The number of aliphatic hydroxyl groups excluding tert-OH is 1. The second kappa shape index (κ2) is 10.7. The van der Waals surface area contributed by atoms with E-state index in [-0.39, 0.29) is 0 Å². The van der Waals surface area contributed by atoms with Gasteiger partial charge in [0.1, 0.15) is 6.10 Å². The number of nitrogens with two attached hydrogens (primary N) is 1. The molecule has 0 saturated carbocycles. The highest BCUT2D eigenvalue weighted by Crippen LogP contribution is 2.13. The summed E-state index contributed by atoms with van der Waals surface area (Å²) in [4.78, 5) is 20.6. The van der Waals surface area contributed by atoms with Crippen molar-refractivity contribution in [1.29, 1.82) is 0 Å². The van der Waals surface area contributed by atoms with Crippen LogP contribution in [0.15, 0.2) is 30.3 Å². The summed E-state index contributed by atoms with van der Waals surface area (Å²) >= 11 is 0. The average Bonchev–Trinajstić information content (AvgIpc) is 2.51. The van der Waals surface area contributed by atoms with Crippen molar-refractivity contribution in [3.05, 3.63) is 35.9 Å². The largest absolute Gasteiger partial charge is 0.490 e. The number of carboxylic acid groups (broad SMARTS) is 1. The molecule has 142 valence electrons. The van der Waals surface area contributed by atoms with Crippen molar-refractivity contribution in [3.8, 4) is 0 Å². The summed E-state index contributed by atoms with van der Waals surface area (Å²) in [6, 6.07) is 9.05. The quantitative estimate of drug-likeness (QED) is 0.613. The molecule has 25 heavy (non-hydrogen) atoms. The molecule has 1 aromatic carbocycles. The zero-order valence-corrected chi connectivity index (χ0v) is 14.0. The van der Waals surface area contributed by atoms with Crippen LogP contribution in [0.3, 0.4) is 0 Å². The molecule has 0 radical (unpaired) electrons. The molecule has 0 bridgehead atoms. The fourth-order valence-electron chi connectivity index (χ4n) is 1.76. The Labute approximate surface area is 143 Å². The smallest absolute Gasteiger partial charge is 0.475 e. The number of hydrogen-bond acceptors (Lipinski definition) is 4. The van der Waals surface area contributed by atoms with E-state index in [1.165, 1.54) is 0 Å². The Balaban J connectivity index is 0.000000697. The monoisotopic (exact) mass is 364 g/mol. The van der Waals surface area contributed by atoms with Crippen molar-refractivity contribution in [3.63, 3.8) is 0 Å². The first-order valence-corrected chi connectivity index (χ1v) is 7.50. The number of carbonyl (C=O) groups is 2. The molecule has 0 saturated heterocycles. The fourth-order valence-corrected chi connectivity index (χ4v) is 1.76. The zero-order valence-electron chi connectivity index (χ0n) is 14.0. The molecule has 0 aliphatic heterocycles. The molecular formula is C16H23F3N2O4. The number of nitrogens with one attached hydrogen (secondary N) is 1. The van der Waals surface area contributed by atoms with Gasteiger partial charge in [-0.2, -0.15) is 13.2 Å². The van der Waals surface area contributed by atoms with Gasteiger partial charge in [0.05, 0.1) is 0 Å². The standard InChI is InChI=1S/C14H22N2O2.C2HF3O2/c1-10(2)8-12(15)13(17)14(18)16-9-11-6-4-3-5-7-11;3-2(4,5)1(6)7/h3-7,10,12-13,17H,8-9,15H2,1-2H3,(H,16,18);(H,6,7)/t12-,13?;/m0./s1. The molecule has 5 N–H and O–H groups in total. The van der Waals surface area contributed by atoms with Crippen molar-refractivity contribution in [1.82, 2.24) is 5.32 Å². The van der Waals surface area contributed by atoms with Gasteiger partial charge in [0.25, 0.3) is 5.91 Å². The van der Waals surface area contributed by atoms with E-state index in [1.54, 1.807) is 0 Å². The molecule has 1 rings (SSSR count). The topological polar surface area (TPSA) is 113 Å². The van der Waals surface area contributed by atoms with Gasteiger partial charge in [0, 0.05) is 12.6 Å². The summed E-state index contributed by atoms with van der Waals surface area (Å²) in [5.41, 5.74) is 6.77. The van der Waals surface area contributed by atoms with E-state index in [0.717, 1.165) is 5.56 Å². The maximum atomic E-state index is 11.7. The van der Waals surface area contributed by atoms with Crippen LogP contribution in [-0.2, 0) is 16.1 Å². The highest BCUT2D eigenvalue weighted by atomic mass is 19.4. The third-order valence-corrected chi connectivity index (χ3v) is 2.97. The van der Waals surface area contributed by atoms with Gasteiger partial charge in [-0.3, -0.25) is 4.79 Å². The third kappa shape index (κ3) is 10.4. The van der Waals surface area contributed by atoms with Crippen LogP contribution in [0, 0.1) is 5.92 Å². The van der Waals surface area contributed by atoms with Gasteiger partial charge in [0.15, 0.2) is 0 Å². The number of aliphatic hydroxyl groups is 1. The molecule has 1 amide bonds. The van der Waals surface area contributed by atoms with E-state index in [4.69, 9.17) is 15.6 Å². The Morgan fingerprint density at radius 1 is 1.20 bits per heavy atom. The van der Waals surface area contributed by atoms with E-state index in [0.29, 0.717) is 18.9 Å². The highest BCUT2D eigenvalue weighted by molar-refractivity contribution is 5.81. The normalized spacial score (nSPS) is 13.4. The molecule has 0 aromatic heterocycles. The Hall–Kier alpha value is -2.13. The molecule has 6 nitrogen and oxygen atoms in total. The first-order valence-electron chi connectivity index (χ1n) is 7.50. The lowest BCUT2D eigenvalue weighted by Gasteiger charge is -2.19.